The Hall–Kier alpha value is -0.130. The number of aromatic nitrogens is 2. The molecule has 3 nitrogen and oxygen atoms in total. The van der Waals surface area contributed by atoms with Gasteiger partial charge in [0.2, 0.25) is 0 Å². The second-order valence-corrected chi connectivity index (χ2v) is 5.88. The molecule has 0 aliphatic heterocycles. The van der Waals surface area contributed by atoms with E-state index in [1.807, 2.05) is 27.7 Å². The third-order valence-electron chi connectivity index (χ3n) is 2.24. The minimum Gasteiger partial charge on any atom is -0.389 e. The molecule has 0 amide bonds. The van der Waals surface area contributed by atoms with Gasteiger partial charge in [-0.25, -0.2) is 4.98 Å². The normalized spacial score (nSPS) is 15.9. The molecule has 1 unspecified atom stereocenters. The van der Waals surface area contributed by atoms with Gasteiger partial charge in [0.25, 0.3) is 0 Å². The summed E-state index contributed by atoms with van der Waals surface area (Å²) in [6, 6.07) is 0. The summed E-state index contributed by atoms with van der Waals surface area (Å²) >= 11 is 2.96. The van der Waals surface area contributed by atoms with Gasteiger partial charge in [-0.1, -0.05) is 25.6 Å². The van der Waals surface area contributed by atoms with Crippen LogP contribution in [0, 0.1) is 12.8 Å². The number of rotatable bonds is 4. The van der Waals surface area contributed by atoms with Gasteiger partial charge in [0, 0.05) is 5.75 Å². The first-order valence-corrected chi connectivity index (χ1v) is 6.33. The van der Waals surface area contributed by atoms with Crippen LogP contribution in [0.5, 0.6) is 0 Å². The Morgan fingerprint density at radius 3 is 2.64 bits per heavy atom. The Morgan fingerprint density at radius 1 is 1.57 bits per heavy atom. The van der Waals surface area contributed by atoms with Crippen LogP contribution in [-0.2, 0) is 0 Å². The average Bonchev–Trinajstić information content (AvgIpc) is 2.48. The maximum Gasteiger partial charge on any atom is 0.170 e. The van der Waals surface area contributed by atoms with Crippen molar-refractivity contribution >= 4 is 23.3 Å². The molecular formula is C9H16N2OS2. The van der Waals surface area contributed by atoms with Gasteiger partial charge in [-0.3, -0.25) is 0 Å². The zero-order valence-electron chi connectivity index (χ0n) is 8.94. The number of aryl methyl sites for hydroxylation is 1. The van der Waals surface area contributed by atoms with E-state index in [4.69, 9.17) is 0 Å². The van der Waals surface area contributed by atoms with Crippen LogP contribution in [0.2, 0.25) is 0 Å². The summed E-state index contributed by atoms with van der Waals surface area (Å²) < 4.78 is 5.02. The molecule has 0 aliphatic rings. The Morgan fingerprint density at radius 2 is 2.21 bits per heavy atom. The van der Waals surface area contributed by atoms with Crippen molar-refractivity contribution in [2.45, 2.75) is 37.6 Å². The monoisotopic (exact) mass is 232 g/mol. The lowest BCUT2D eigenvalue weighted by atomic mass is 9.95. The van der Waals surface area contributed by atoms with Gasteiger partial charge in [0.15, 0.2) is 4.34 Å². The van der Waals surface area contributed by atoms with Crippen molar-refractivity contribution in [2.24, 2.45) is 5.92 Å². The molecule has 80 valence electrons. The molecule has 0 saturated carbocycles. The van der Waals surface area contributed by atoms with Gasteiger partial charge in [0.1, 0.15) is 5.82 Å². The van der Waals surface area contributed by atoms with Gasteiger partial charge in [-0.2, -0.15) is 4.37 Å². The van der Waals surface area contributed by atoms with Crippen molar-refractivity contribution in [1.29, 1.82) is 0 Å². The summed E-state index contributed by atoms with van der Waals surface area (Å²) in [7, 11) is 0. The van der Waals surface area contributed by atoms with Gasteiger partial charge < -0.3 is 5.11 Å². The molecule has 1 atom stereocenters. The van der Waals surface area contributed by atoms with Gasteiger partial charge in [0.05, 0.1) is 5.60 Å². The first-order valence-electron chi connectivity index (χ1n) is 4.57. The summed E-state index contributed by atoms with van der Waals surface area (Å²) in [5, 5.41) is 10.00. The van der Waals surface area contributed by atoms with Crippen LogP contribution in [0.4, 0.5) is 0 Å². The molecule has 0 saturated heterocycles. The number of hydrogen-bond acceptors (Lipinski definition) is 5. The topological polar surface area (TPSA) is 46.0 Å². The molecule has 1 rings (SSSR count). The van der Waals surface area contributed by atoms with E-state index in [2.05, 4.69) is 9.36 Å². The molecule has 1 heterocycles. The summed E-state index contributed by atoms with van der Waals surface area (Å²) in [4.78, 5) is 4.23. The lowest BCUT2D eigenvalue weighted by Crippen LogP contribution is -2.33. The SMILES string of the molecule is Cc1nsc(SCC(C)(O)C(C)C)n1. The Kier molecular flexibility index (Phi) is 3.92. The molecule has 5 heteroatoms. The highest BCUT2D eigenvalue weighted by Gasteiger charge is 2.25. The maximum atomic E-state index is 10.00. The largest absolute Gasteiger partial charge is 0.389 e. The fourth-order valence-electron chi connectivity index (χ4n) is 0.711. The van der Waals surface area contributed by atoms with Crippen molar-refractivity contribution in [3.8, 4) is 0 Å². The Bertz CT molecular complexity index is 297. The number of thioether (sulfide) groups is 1. The first kappa shape index (κ1) is 11.9. The molecule has 0 spiro atoms. The molecule has 0 bridgehead atoms. The van der Waals surface area contributed by atoms with E-state index in [-0.39, 0.29) is 5.92 Å². The van der Waals surface area contributed by atoms with E-state index in [0.717, 1.165) is 10.2 Å². The van der Waals surface area contributed by atoms with E-state index in [1.54, 1.807) is 11.8 Å². The highest BCUT2D eigenvalue weighted by molar-refractivity contribution is 8.01. The zero-order valence-corrected chi connectivity index (χ0v) is 10.6. The first-order chi connectivity index (χ1) is 6.42. The molecule has 14 heavy (non-hydrogen) atoms. The Balaban J connectivity index is 2.48. The predicted octanol–water partition coefficient (Wildman–Crippen LogP) is 2.35. The van der Waals surface area contributed by atoms with Gasteiger partial charge >= 0.3 is 0 Å². The fourth-order valence-corrected chi connectivity index (χ4v) is 2.58. The van der Waals surface area contributed by atoms with E-state index in [0.29, 0.717) is 5.75 Å². The second kappa shape index (κ2) is 4.59. The quantitative estimate of drug-likeness (QED) is 0.809. The maximum absolute atomic E-state index is 10.00. The van der Waals surface area contributed by atoms with Crippen LogP contribution in [0.3, 0.4) is 0 Å². The third-order valence-corrected chi connectivity index (χ3v) is 4.49. The van der Waals surface area contributed by atoms with Gasteiger partial charge in [-0.15, -0.1) is 0 Å². The molecular weight excluding hydrogens is 216 g/mol. The second-order valence-electron chi connectivity index (χ2n) is 3.91. The standard InChI is InChI=1S/C9H16N2OS2/c1-6(2)9(4,12)5-13-8-10-7(3)11-14-8/h6,12H,5H2,1-4H3. The molecule has 1 N–H and O–H groups in total. The van der Waals surface area contributed by atoms with Crippen LogP contribution in [0.15, 0.2) is 4.34 Å². The van der Waals surface area contributed by atoms with E-state index in [9.17, 15) is 5.11 Å². The van der Waals surface area contributed by atoms with Crippen LogP contribution in [0.1, 0.15) is 26.6 Å². The molecule has 0 radical (unpaired) electrons. The van der Waals surface area contributed by atoms with E-state index in [1.165, 1.54) is 11.5 Å². The van der Waals surface area contributed by atoms with Crippen molar-refractivity contribution in [3.63, 3.8) is 0 Å². The Labute approximate surface area is 93.1 Å². The summed E-state index contributed by atoms with van der Waals surface area (Å²) in [6.07, 6.45) is 0. The van der Waals surface area contributed by atoms with Gasteiger partial charge in [-0.05, 0) is 31.3 Å². The lowest BCUT2D eigenvalue weighted by molar-refractivity contribution is 0.0376. The van der Waals surface area contributed by atoms with Crippen LogP contribution >= 0.6 is 23.3 Å². The van der Waals surface area contributed by atoms with Crippen LogP contribution < -0.4 is 0 Å². The van der Waals surface area contributed by atoms with Crippen molar-refractivity contribution in [3.05, 3.63) is 5.82 Å². The smallest absolute Gasteiger partial charge is 0.170 e. The van der Waals surface area contributed by atoms with E-state index >= 15 is 0 Å². The minimum atomic E-state index is -0.635. The molecule has 0 aliphatic carbocycles. The molecule has 0 aromatic carbocycles. The summed E-state index contributed by atoms with van der Waals surface area (Å²) in [5.41, 5.74) is -0.635. The molecule has 1 aromatic rings. The summed E-state index contributed by atoms with van der Waals surface area (Å²) in [5.74, 6) is 1.73. The minimum absolute atomic E-state index is 0.254. The lowest BCUT2D eigenvalue weighted by Gasteiger charge is -2.26. The van der Waals surface area contributed by atoms with Crippen molar-refractivity contribution in [1.82, 2.24) is 9.36 Å². The average molecular weight is 232 g/mol. The van der Waals surface area contributed by atoms with Crippen LogP contribution in [0.25, 0.3) is 0 Å². The zero-order chi connectivity index (χ0) is 10.8. The fraction of sp³-hybridized carbons (Fsp3) is 0.778. The third kappa shape index (κ3) is 3.22. The van der Waals surface area contributed by atoms with E-state index < -0.39 is 5.60 Å². The summed E-state index contributed by atoms with van der Waals surface area (Å²) in [6.45, 7) is 7.78. The van der Waals surface area contributed by atoms with Crippen molar-refractivity contribution in [2.75, 3.05) is 5.75 Å². The molecule has 0 fully saturated rings. The molecule has 1 aromatic heterocycles. The predicted molar refractivity (Wildman–Crippen MR) is 60.8 cm³/mol. The number of hydrogen-bond donors (Lipinski definition) is 1. The van der Waals surface area contributed by atoms with Crippen molar-refractivity contribution < 1.29 is 5.11 Å². The number of aliphatic hydroxyl groups is 1. The number of nitrogens with zero attached hydrogens (tertiary/aromatic N) is 2. The highest BCUT2D eigenvalue weighted by Crippen LogP contribution is 2.27. The highest BCUT2D eigenvalue weighted by atomic mass is 32.2. The van der Waals surface area contributed by atoms with Crippen LogP contribution in [-0.4, -0.2) is 25.8 Å².